The van der Waals surface area contributed by atoms with Crippen LogP contribution in [-0.4, -0.2) is 15.0 Å². The van der Waals surface area contributed by atoms with Gasteiger partial charge in [0.15, 0.2) is 0 Å². The first-order chi connectivity index (χ1) is 34.7. The number of hydrogen-bond acceptors (Lipinski definition) is 3. The Bertz CT molecular complexity index is 3240. The molecule has 0 amide bonds. The number of hydrogen-bond donors (Lipinski definition) is 0. The van der Waals surface area contributed by atoms with Gasteiger partial charge in [-0.15, -0.1) is 0 Å². The van der Waals surface area contributed by atoms with Crippen LogP contribution in [0.25, 0.3) is 56.0 Å². The molecule has 3 heterocycles. The fraction of sp³-hybridized carbons (Fsp3) is 0.190. The number of benzene rings is 6. The van der Waals surface area contributed by atoms with Crippen molar-refractivity contribution in [1.29, 1.82) is 0 Å². The van der Waals surface area contributed by atoms with E-state index in [1.165, 1.54) is 6.20 Å². The lowest BCUT2D eigenvalue weighted by molar-refractivity contribution is 0.514. The summed E-state index contributed by atoms with van der Waals surface area (Å²) in [5.74, 6) is 0. The van der Waals surface area contributed by atoms with Crippen LogP contribution in [0.1, 0.15) is 81.8 Å². The summed E-state index contributed by atoms with van der Waals surface area (Å²) in [5.41, 5.74) is 13.2. The third kappa shape index (κ3) is 10.2. The Kier molecular flexibility index (Phi) is 10.4. The molecule has 0 unspecified atom stereocenters. The van der Waals surface area contributed by atoms with E-state index < -0.39 is 19.6 Å². The van der Waals surface area contributed by atoms with E-state index in [0.717, 1.165) is 67.0 Å². The quantitative estimate of drug-likeness (QED) is 0.109. The van der Waals surface area contributed by atoms with Gasteiger partial charge in [0.2, 0.25) is 0 Å². The molecule has 0 aliphatic carbocycles. The molecular formula is C63H59N3. The zero-order valence-corrected chi connectivity index (χ0v) is 38.3. The fourth-order valence-corrected chi connectivity index (χ4v) is 9.00. The average molecular weight is 865 g/mol. The van der Waals surface area contributed by atoms with Gasteiger partial charge in [-0.1, -0.05) is 179 Å². The summed E-state index contributed by atoms with van der Waals surface area (Å²) in [7, 11) is 0. The zero-order valence-electron chi connectivity index (χ0n) is 45.3. The molecule has 0 atom stereocenters. The van der Waals surface area contributed by atoms with Crippen molar-refractivity contribution in [1.82, 2.24) is 15.0 Å². The van der Waals surface area contributed by atoms with E-state index in [1.807, 2.05) is 97.9 Å². The van der Waals surface area contributed by atoms with E-state index in [1.54, 1.807) is 42.7 Å². The minimum Gasteiger partial charge on any atom is -0.256 e. The summed E-state index contributed by atoms with van der Waals surface area (Å²) < 4.78 is 63.8. The zero-order chi connectivity index (χ0) is 51.8. The summed E-state index contributed by atoms with van der Waals surface area (Å²) in [4.78, 5) is 13.7. The molecule has 9 rings (SSSR count). The van der Waals surface area contributed by atoms with Gasteiger partial charge in [0, 0.05) is 44.9 Å². The largest absolute Gasteiger partial charge is 0.256 e. The Morgan fingerprint density at radius 2 is 0.909 bits per heavy atom. The summed E-state index contributed by atoms with van der Waals surface area (Å²) >= 11 is 0. The lowest BCUT2D eigenvalue weighted by Crippen LogP contribution is -2.22. The fourth-order valence-electron chi connectivity index (χ4n) is 9.00. The molecule has 0 aliphatic rings. The molecule has 6 aromatic carbocycles. The van der Waals surface area contributed by atoms with Gasteiger partial charge in [0.1, 0.15) is 0 Å². The maximum Gasteiger partial charge on any atom is 0.0708 e. The maximum absolute atomic E-state index is 9.73. The molecule has 0 radical (unpaired) electrons. The van der Waals surface area contributed by atoms with Crippen LogP contribution >= 0.6 is 0 Å². The SMILES string of the molecule is [2H]C([2H])([2H])c1cnc(-c2ccc(C([2H])([2H])C([2H])([2H])c3cc(CC(C)(C)c4ccc(-c5ccccn5)cc4)cc(CC(C)(C)c4ccc(-c5ccccn5)cc4)c3)cc2)cc1-c1ccc(-c2ccccc2)cc1C. The maximum atomic E-state index is 9.73. The summed E-state index contributed by atoms with van der Waals surface area (Å²) in [6.07, 6.45) is 1.20. The Morgan fingerprint density at radius 3 is 1.44 bits per heavy atom. The highest BCUT2D eigenvalue weighted by molar-refractivity contribution is 5.78. The lowest BCUT2D eigenvalue weighted by atomic mass is 9.76. The highest BCUT2D eigenvalue weighted by atomic mass is 14.7. The van der Waals surface area contributed by atoms with Crippen LogP contribution in [0.3, 0.4) is 0 Å². The minimum atomic E-state index is -2.48. The van der Waals surface area contributed by atoms with Crippen molar-refractivity contribution in [3.05, 3.63) is 245 Å². The van der Waals surface area contributed by atoms with Crippen LogP contribution in [0.4, 0.5) is 0 Å². The summed E-state index contributed by atoms with van der Waals surface area (Å²) in [5, 5.41) is 0. The molecule has 0 fully saturated rings. The van der Waals surface area contributed by atoms with Gasteiger partial charge in [-0.2, -0.15) is 0 Å². The van der Waals surface area contributed by atoms with Crippen molar-refractivity contribution in [2.75, 3.05) is 0 Å². The lowest BCUT2D eigenvalue weighted by Gasteiger charge is -2.28. The molecule has 3 aromatic heterocycles. The van der Waals surface area contributed by atoms with Gasteiger partial charge in [-0.25, -0.2) is 0 Å². The topological polar surface area (TPSA) is 38.7 Å². The molecule has 326 valence electrons. The molecular weight excluding hydrogens is 799 g/mol. The van der Waals surface area contributed by atoms with Gasteiger partial charge in [0.05, 0.1) is 17.1 Å². The van der Waals surface area contributed by atoms with Crippen molar-refractivity contribution in [3.8, 4) is 56.0 Å². The standard InChI is InChI=1S/C63H59N3/c1-44-36-54(50-14-8-7-9-15-50)28-33-57(44)58-40-61(66-43-45(58)2)53-22-20-46(21-23-53)18-19-47-37-48(41-62(3,4)55-29-24-51(25-30-55)59-16-10-12-34-64-59)39-49(38-47)42-63(5,6)56-31-26-52(27-32-56)60-17-11-13-35-65-60/h7-17,20-40,43H,18-19,41-42H2,1-6H3/i2D3,18D2,19D2. The van der Waals surface area contributed by atoms with Crippen LogP contribution in [-0.2, 0) is 36.4 Å². The van der Waals surface area contributed by atoms with Crippen molar-refractivity contribution in [2.45, 2.75) is 77.9 Å². The van der Waals surface area contributed by atoms with Gasteiger partial charge < -0.3 is 0 Å². The first-order valence-electron chi connectivity index (χ1n) is 26.1. The molecule has 0 bridgehead atoms. The molecule has 3 nitrogen and oxygen atoms in total. The Hall–Kier alpha value is -7.23. The van der Waals surface area contributed by atoms with E-state index in [9.17, 15) is 5.48 Å². The molecule has 0 N–H and O–H groups in total. The second kappa shape index (κ2) is 19.1. The molecule has 0 aliphatic heterocycles. The van der Waals surface area contributed by atoms with Gasteiger partial charge >= 0.3 is 0 Å². The van der Waals surface area contributed by atoms with E-state index in [4.69, 9.17) is 4.11 Å². The third-order valence-corrected chi connectivity index (χ3v) is 12.7. The first kappa shape index (κ1) is 36.0. The number of pyridine rings is 3. The van der Waals surface area contributed by atoms with Gasteiger partial charge in [0.25, 0.3) is 0 Å². The number of rotatable bonds is 14. The number of nitrogens with zero attached hydrogens (tertiary/aromatic N) is 3. The highest BCUT2D eigenvalue weighted by Gasteiger charge is 2.25. The Morgan fingerprint density at radius 1 is 0.409 bits per heavy atom. The van der Waals surface area contributed by atoms with E-state index in [-0.39, 0.29) is 27.5 Å². The van der Waals surface area contributed by atoms with E-state index in [2.05, 4.69) is 103 Å². The monoisotopic (exact) mass is 865 g/mol. The predicted molar refractivity (Wildman–Crippen MR) is 277 cm³/mol. The molecule has 0 saturated carbocycles. The third-order valence-electron chi connectivity index (χ3n) is 12.7. The number of aromatic nitrogens is 3. The minimum absolute atomic E-state index is 0.137. The summed E-state index contributed by atoms with van der Waals surface area (Å²) in [6, 6.07) is 59.1. The van der Waals surface area contributed by atoms with Gasteiger partial charge in [-0.3, -0.25) is 15.0 Å². The molecule has 3 heteroatoms. The van der Waals surface area contributed by atoms with Crippen molar-refractivity contribution in [3.63, 3.8) is 0 Å². The normalized spacial score (nSPS) is 13.9. The molecule has 0 saturated heterocycles. The second-order valence-electron chi connectivity index (χ2n) is 18.6. The van der Waals surface area contributed by atoms with Crippen molar-refractivity contribution in [2.24, 2.45) is 0 Å². The molecule has 9 aromatic rings. The van der Waals surface area contributed by atoms with Crippen LogP contribution in [0.2, 0.25) is 0 Å². The molecule has 0 spiro atoms. The Labute approximate surface area is 402 Å². The smallest absolute Gasteiger partial charge is 0.0708 e. The van der Waals surface area contributed by atoms with Crippen molar-refractivity contribution >= 4 is 0 Å². The second-order valence-corrected chi connectivity index (χ2v) is 18.6. The number of aryl methyl sites for hydroxylation is 4. The van der Waals surface area contributed by atoms with E-state index in [0.29, 0.717) is 29.7 Å². The van der Waals surface area contributed by atoms with Crippen LogP contribution in [0.5, 0.6) is 0 Å². The van der Waals surface area contributed by atoms with Crippen LogP contribution in [0, 0.1) is 13.8 Å². The van der Waals surface area contributed by atoms with Crippen LogP contribution < -0.4 is 0 Å². The average Bonchev–Trinajstić information content (AvgIpc) is 3.38. The highest BCUT2D eigenvalue weighted by Crippen LogP contribution is 2.35. The van der Waals surface area contributed by atoms with E-state index >= 15 is 0 Å². The van der Waals surface area contributed by atoms with Crippen molar-refractivity contribution < 1.29 is 9.60 Å². The predicted octanol–water partition coefficient (Wildman–Crippen LogP) is 15.6. The Balaban J connectivity index is 1.04. The van der Waals surface area contributed by atoms with Gasteiger partial charge in [-0.05, 0) is 147 Å². The summed E-state index contributed by atoms with van der Waals surface area (Å²) in [6.45, 7) is 8.31. The van der Waals surface area contributed by atoms with Crippen LogP contribution in [0.15, 0.2) is 201 Å². The first-order valence-corrected chi connectivity index (χ1v) is 22.6. The molecule has 66 heavy (non-hydrogen) atoms.